The number of anilines is 2. The number of unbranched alkanes of at least 4 members (excludes halogenated alkanes) is 3. The highest BCUT2D eigenvalue weighted by molar-refractivity contribution is 6.12. The lowest BCUT2D eigenvalue weighted by atomic mass is 9.85. The minimum absolute atomic E-state index is 0.000933. The van der Waals surface area contributed by atoms with E-state index in [9.17, 15) is 19.2 Å². The molecule has 0 saturated heterocycles. The normalized spacial score (nSPS) is 12.3. The summed E-state index contributed by atoms with van der Waals surface area (Å²) in [5.74, 6) is -1.51. The molecule has 6 heteroatoms. The Kier molecular flexibility index (Phi) is 12.4. The van der Waals surface area contributed by atoms with Gasteiger partial charge in [0.25, 0.3) is 0 Å². The number of benzene rings is 3. The molecule has 3 aromatic carbocycles. The zero-order chi connectivity index (χ0) is 33.2. The van der Waals surface area contributed by atoms with Gasteiger partial charge in [-0.25, -0.2) is 0 Å². The van der Waals surface area contributed by atoms with Gasteiger partial charge >= 0.3 is 0 Å². The molecule has 0 aliphatic rings. The van der Waals surface area contributed by atoms with E-state index in [1.807, 2.05) is 48.5 Å². The second-order valence-corrected chi connectivity index (χ2v) is 14.1. The third kappa shape index (κ3) is 11.4. The molecule has 6 nitrogen and oxygen atoms in total. The Balaban J connectivity index is 1.74. The van der Waals surface area contributed by atoms with Crippen molar-refractivity contribution < 1.29 is 19.2 Å². The molecule has 0 saturated carbocycles. The monoisotopic (exact) mass is 610 g/mol. The molecular formula is C39H50N2O4. The van der Waals surface area contributed by atoms with Gasteiger partial charge in [0.2, 0.25) is 11.8 Å². The van der Waals surface area contributed by atoms with Gasteiger partial charge in [0.1, 0.15) is 11.7 Å². The van der Waals surface area contributed by atoms with Crippen LogP contribution in [-0.2, 0) is 36.4 Å². The molecule has 2 N–H and O–H groups in total. The summed E-state index contributed by atoms with van der Waals surface area (Å²) in [6, 6.07) is 22.7. The van der Waals surface area contributed by atoms with Crippen LogP contribution in [0.25, 0.3) is 0 Å². The van der Waals surface area contributed by atoms with Crippen LogP contribution in [0.1, 0.15) is 115 Å². The fourth-order valence-corrected chi connectivity index (χ4v) is 5.17. The molecule has 0 aromatic heterocycles. The van der Waals surface area contributed by atoms with E-state index < -0.39 is 11.8 Å². The molecule has 0 aliphatic carbocycles. The molecular weight excluding hydrogens is 560 g/mol. The fraction of sp³-hybridized carbons (Fsp3) is 0.436. The van der Waals surface area contributed by atoms with Crippen molar-refractivity contribution in [2.45, 2.75) is 110 Å². The summed E-state index contributed by atoms with van der Waals surface area (Å²) in [5.41, 5.74) is 4.98. The highest BCUT2D eigenvalue weighted by Gasteiger charge is 2.29. The van der Waals surface area contributed by atoms with Gasteiger partial charge in [-0.2, -0.15) is 0 Å². The van der Waals surface area contributed by atoms with Crippen molar-refractivity contribution in [2.24, 2.45) is 0 Å². The molecule has 3 aromatic rings. The first-order valence-corrected chi connectivity index (χ1v) is 16.1. The average molecular weight is 611 g/mol. The van der Waals surface area contributed by atoms with Gasteiger partial charge in [-0.3, -0.25) is 14.4 Å². The molecule has 0 bridgehead atoms. The molecule has 0 fully saturated rings. The maximum absolute atomic E-state index is 13.8. The largest absolute Gasteiger partial charge is 0.326 e. The van der Waals surface area contributed by atoms with Crippen molar-refractivity contribution in [1.29, 1.82) is 0 Å². The van der Waals surface area contributed by atoms with Gasteiger partial charge in [-0.15, -0.1) is 0 Å². The van der Waals surface area contributed by atoms with Crippen molar-refractivity contribution in [2.75, 3.05) is 10.6 Å². The van der Waals surface area contributed by atoms with Crippen LogP contribution < -0.4 is 10.6 Å². The van der Waals surface area contributed by atoms with Crippen LogP contribution in [0.15, 0.2) is 72.8 Å². The number of hydrogen-bond donors (Lipinski definition) is 2. The van der Waals surface area contributed by atoms with E-state index in [-0.39, 0.29) is 34.7 Å². The van der Waals surface area contributed by atoms with Gasteiger partial charge < -0.3 is 15.4 Å². The van der Waals surface area contributed by atoms with Crippen molar-refractivity contribution in [1.82, 2.24) is 0 Å². The van der Waals surface area contributed by atoms with E-state index >= 15 is 0 Å². The molecule has 2 amide bonds. The Morgan fingerprint density at radius 1 is 0.600 bits per heavy atom. The lowest BCUT2D eigenvalue weighted by molar-refractivity contribution is -0.127. The number of amides is 2. The average Bonchev–Trinajstić information content (AvgIpc) is 2.95. The quantitative estimate of drug-likeness (QED) is 0.141. The maximum atomic E-state index is 13.8. The van der Waals surface area contributed by atoms with Crippen LogP contribution in [0.4, 0.5) is 11.4 Å². The molecule has 1 atom stereocenters. The van der Waals surface area contributed by atoms with E-state index in [0.717, 1.165) is 36.8 Å². The zero-order valence-corrected chi connectivity index (χ0v) is 28.1. The smallest absolute Gasteiger partial charge is 0.239 e. The van der Waals surface area contributed by atoms with E-state index in [1.165, 1.54) is 5.56 Å². The van der Waals surface area contributed by atoms with Gasteiger partial charge in [-0.1, -0.05) is 103 Å². The van der Waals surface area contributed by atoms with Gasteiger partial charge in [0.15, 0.2) is 5.78 Å². The molecule has 45 heavy (non-hydrogen) atoms. The molecule has 3 rings (SSSR count). The summed E-state index contributed by atoms with van der Waals surface area (Å²) < 4.78 is 0. The van der Waals surface area contributed by atoms with Crippen molar-refractivity contribution in [3.8, 4) is 0 Å². The van der Waals surface area contributed by atoms with Crippen LogP contribution in [-0.4, -0.2) is 23.4 Å². The van der Waals surface area contributed by atoms with Crippen molar-refractivity contribution in [3.05, 3.63) is 95.1 Å². The number of rotatable bonds is 14. The van der Waals surface area contributed by atoms with Crippen LogP contribution in [0.5, 0.6) is 0 Å². The molecule has 0 radical (unpaired) electrons. The first kappa shape index (κ1) is 35.4. The Hall–Kier alpha value is -4.06. The van der Waals surface area contributed by atoms with Crippen LogP contribution in [0.3, 0.4) is 0 Å². The Labute approximate surface area is 269 Å². The number of carbonyl (C=O) groups excluding carboxylic acids is 4. The number of Topliss-reactive ketones (excluding diaryl/α,β-unsaturated/α-hetero) is 2. The second kappa shape index (κ2) is 15.8. The van der Waals surface area contributed by atoms with Crippen LogP contribution >= 0.6 is 0 Å². The third-order valence-electron chi connectivity index (χ3n) is 8.01. The van der Waals surface area contributed by atoms with E-state index in [1.54, 1.807) is 31.2 Å². The van der Waals surface area contributed by atoms with E-state index in [0.29, 0.717) is 29.8 Å². The summed E-state index contributed by atoms with van der Waals surface area (Å²) in [5, 5.41) is 5.87. The minimum atomic E-state index is -1.02. The molecule has 0 spiro atoms. The standard InChI is InChI=1S/C39H50N2O4/c1-27(42)12-10-8-9-11-13-35(44)40-32-22-16-29(17-23-32)36(34(43)26-28-14-18-30(19-15-28)38(2,3)4)37(45)41-33-24-20-31(21-25-33)39(5,6)7/h14-25,36H,8-13,26H2,1-7H3,(H,40,44)(H,41,45). The predicted molar refractivity (Wildman–Crippen MR) is 184 cm³/mol. The Morgan fingerprint density at radius 2 is 1.07 bits per heavy atom. The molecule has 240 valence electrons. The lowest BCUT2D eigenvalue weighted by Gasteiger charge is -2.21. The number of hydrogen-bond acceptors (Lipinski definition) is 4. The third-order valence-corrected chi connectivity index (χ3v) is 8.01. The highest BCUT2D eigenvalue weighted by Crippen LogP contribution is 2.27. The number of carbonyl (C=O) groups is 4. The lowest BCUT2D eigenvalue weighted by Crippen LogP contribution is -2.29. The summed E-state index contributed by atoms with van der Waals surface area (Å²) >= 11 is 0. The Bertz CT molecular complexity index is 1370. The SMILES string of the molecule is CC(=O)CCCCCCC(=O)Nc1ccc(C(C(=O)Cc2ccc(C(C)(C)C)cc2)C(=O)Nc2ccc(C(C)(C)C)cc2)cc1. The summed E-state index contributed by atoms with van der Waals surface area (Å²) in [6.07, 6.45) is 4.55. The van der Waals surface area contributed by atoms with Gasteiger partial charge in [0.05, 0.1) is 0 Å². The van der Waals surface area contributed by atoms with Crippen LogP contribution in [0.2, 0.25) is 0 Å². The van der Waals surface area contributed by atoms with Gasteiger partial charge in [-0.05, 0) is 77.1 Å². The number of nitrogens with one attached hydrogen (secondary N) is 2. The fourth-order valence-electron chi connectivity index (χ4n) is 5.17. The summed E-state index contributed by atoms with van der Waals surface area (Å²) in [7, 11) is 0. The maximum Gasteiger partial charge on any atom is 0.239 e. The highest BCUT2D eigenvalue weighted by atomic mass is 16.2. The first-order chi connectivity index (χ1) is 21.1. The van der Waals surface area contributed by atoms with Crippen molar-refractivity contribution in [3.63, 3.8) is 0 Å². The van der Waals surface area contributed by atoms with E-state index in [4.69, 9.17) is 0 Å². The van der Waals surface area contributed by atoms with Crippen LogP contribution in [0, 0.1) is 0 Å². The van der Waals surface area contributed by atoms with E-state index in [2.05, 4.69) is 52.2 Å². The summed E-state index contributed by atoms with van der Waals surface area (Å²) in [4.78, 5) is 51.0. The molecule has 0 heterocycles. The molecule has 1 unspecified atom stereocenters. The summed E-state index contributed by atoms with van der Waals surface area (Å²) in [6.45, 7) is 14.4. The topological polar surface area (TPSA) is 92.3 Å². The van der Waals surface area contributed by atoms with Gasteiger partial charge in [0, 0.05) is 30.6 Å². The molecule has 0 aliphatic heterocycles. The number of ketones is 2. The second-order valence-electron chi connectivity index (χ2n) is 14.1. The van der Waals surface area contributed by atoms with Crippen molar-refractivity contribution >= 4 is 34.8 Å². The predicted octanol–water partition coefficient (Wildman–Crippen LogP) is 8.68. The zero-order valence-electron chi connectivity index (χ0n) is 28.1. The first-order valence-electron chi connectivity index (χ1n) is 16.1. The minimum Gasteiger partial charge on any atom is -0.326 e. The Morgan fingerprint density at radius 3 is 1.58 bits per heavy atom.